The van der Waals surface area contributed by atoms with Crippen LogP contribution in [-0.4, -0.2) is 48.6 Å². The van der Waals surface area contributed by atoms with Crippen LogP contribution in [0.4, 0.5) is 5.82 Å². The molecule has 7 nitrogen and oxygen atoms in total. The summed E-state index contributed by atoms with van der Waals surface area (Å²) in [5, 5.41) is 9.98. The summed E-state index contributed by atoms with van der Waals surface area (Å²) in [4.78, 5) is 21.8. The maximum absolute atomic E-state index is 12.8. The number of furan rings is 1. The molecule has 0 unspecified atom stereocenters. The lowest BCUT2D eigenvalue weighted by Gasteiger charge is -2.40. The van der Waals surface area contributed by atoms with Gasteiger partial charge in [0.1, 0.15) is 23.9 Å². The van der Waals surface area contributed by atoms with E-state index in [9.17, 15) is 10.1 Å². The first-order valence-electron chi connectivity index (χ1n) is 11.1. The highest BCUT2D eigenvalue weighted by atomic mass is 16.5. The highest BCUT2D eigenvalue weighted by molar-refractivity contribution is 5.94. The summed E-state index contributed by atoms with van der Waals surface area (Å²) in [5.41, 5.74) is 3.81. The number of piperazine rings is 1. The van der Waals surface area contributed by atoms with Crippen LogP contribution >= 0.6 is 0 Å². The quantitative estimate of drug-likeness (QED) is 0.567. The molecule has 3 heterocycles. The van der Waals surface area contributed by atoms with Gasteiger partial charge < -0.3 is 19.0 Å². The van der Waals surface area contributed by atoms with E-state index in [1.807, 2.05) is 42.2 Å². The molecule has 1 aliphatic rings. The molecule has 170 valence electrons. The predicted molar refractivity (Wildman–Crippen MR) is 126 cm³/mol. The van der Waals surface area contributed by atoms with Gasteiger partial charge in [-0.2, -0.15) is 5.26 Å². The zero-order valence-corrected chi connectivity index (χ0v) is 19.4. The molecule has 1 amide bonds. The Morgan fingerprint density at radius 3 is 2.67 bits per heavy atom. The highest BCUT2D eigenvalue weighted by Crippen LogP contribution is 2.37. The number of hydrogen-bond donors (Lipinski definition) is 0. The molecule has 4 rings (SSSR count). The van der Waals surface area contributed by atoms with Crippen molar-refractivity contribution < 1.29 is 13.9 Å². The van der Waals surface area contributed by atoms with Crippen LogP contribution in [0.1, 0.15) is 48.3 Å². The molecule has 0 N–H and O–H groups in total. The second-order valence-electron chi connectivity index (χ2n) is 8.56. The standard InChI is InChI=1S/C26H28N4O3/c1-17(2)24-22(21-7-5-6-8-23(21)32-4)13-20(14-27)25(28-24)29-10-11-30(18(3)15-29)26(31)19-9-12-33-16-19/h5-9,12-13,16-18H,10-11,15H2,1-4H3/t18-/m1/s1. The fourth-order valence-electron chi connectivity index (χ4n) is 4.37. The number of ether oxygens (including phenoxy) is 1. The van der Waals surface area contributed by atoms with E-state index >= 15 is 0 Å². The zero-order chi connectivity index (χ0) is 23.5. The van der Waals surface area contributed by atoms with Crippen LogP contribution in [0.3, 0.4) is 0 Å². The van der Waals surface area contributed by atoms with E-state index < -0.39 is 0 Å². The Hall–Kier alpha value is -3.79. The Morgan fingerprint density at radius 1 is 1.24 bits per heavy atom. The molecule has 0 saturated carbocycles. The van der Waals surface area contributed by atoms with Gasteiger partial charge in [-0.3, -0.25) is 4.79 Å². The molecule has 3 aromatic rings. The van der Waals surface area contributed by atoms with E-state index in [0.717, 1.165) is 22.6 Å². The lowest BCUT2D eigenvalue weighted by atomic mass is 9.95. The number of aromatic nitrogens is 1. The van der Waals surface area contributed by atoms with Crippen molar-refractivity contribution >= 4 is 11.7 Å². The van der Waals surface area contributed by atoms with Crippen molar-refractivity contribution in [3.05, 3.63) is 65.7 Å². The van der Waals surface area contributed by atoms with E-state index in [1.54, 1.807) is 13.2 Å². The predicted octanol–water partition coefficient (Wildman–Crippen LogP) is 4.70. The molecular formula is C26H28N4O3. The molecule has 33 heavy (non-hydrogen) atoms. The van der Waals surface area contributed by atoms with E-state index in [4.69, 9.17) is 14.1 Å². The monoisotopic (exact) mass is 444 g/mol. The summed E-state index contributed by atoms with van der Waals surface area (Å²) in [5.74, 6) is 1.52. The third kappa shape index (κ3) is 4.29. The van der Waals surface area contributed by atoms with Crippen molar-refractivity contribution in [2.24, 2.45) is 0 Å². The summed E-state index contributed by atoms with van der Waals surface area (Å²) < 4.78 is 10.6. The number of methoxy groups -OCH3 is 1. The highest BCUT2D eigenvalue weighted by Gasteiger charge is 2.31. The lowest BCUT2D eigenvalue weighted by Crippen LogP contribution is -2.54. The number of carbonyl (C=O) groups is 1. The summed E-state index contributed by atoms with van der Waals surface area (Å²) in [7, 11) is 1.65. The molecule has 0 bridgehead atoms. The molecule has 1 aromatic carbocycles. The Balaban J connectivity index is 1.68. The van der Waals surface area contributed by atoms with Crippen molar-refractivity contribution in [2.45, 2.75) is 32.7 Å². The van der Waals surface area contributed by atoms with E-state index in [0.29, 0.717) is 36.6 Å². The maximum Gasteiger partial charge on any atom is 0.257 e. The average molecular weight is 445 g/mol. The largest absolute Gasteiger partial charge is 0.496 e. The van der Waals surface area contributed by atoms with Gasteiger partial charge >= 0.3 is 0 Å². The third-order valence-corrected chi connectivity index (χ3v) is 6.05. The van der Waals surface area contributed by atoms with Gasteiger partial charge in [0.15, 0.2) is 0 Å². The van der Waals surface area contributed by atoms with Gasteiger partial charge in [-0.05, 0) is 31.0 Å². The molecule has 1 saturated heterocycles. The SMILES string of the molecule is COc1ccccc1-c1cc(C#N)c(N2CCN(C(=O)c3ccoc3)[C@H](C)C2)nc1C(C)C. The minimum Gasteiger partial charge on any atom is -0.496 e. The van der Waals surface area contributed by atoms with Gasteiger partial charge in [-0.15, -0.1) is 0 Å². The molecular weight excluding hydrogens is 416 g/mol. The number of hydrogen-bond acceptors (Lipinski definition) is 6. The minimum absolute atomic E-state index is 0.0362. The molecule has 1 aliphatic heterocycles. The number of benzene rings is 1. The summed E-state index contributed by atoms with van der Waals surface area (Å²) in [6.07, 6.45) is 2.98. The maximum atomic E-state index is 12.8. The van der Waals surface area contributed by atoms with Crippen LogP contribution in [0.25, 0.3) is 11.1 Å². The summed E-state index contributed by atoms with van der Waals surface area (Å²) >= 11 is 0. The Labute approximate surface area is 194 Å². The lowest BCUT2D eigenvalue weighted by molar-refractivity contribution is 0.0673. The first-order valence-corrected chi connectivity index (χ1v) is 11.1. The van der Waals surface area contributed by atoms with Crippen LogP contribution in [0.2, 0.25) is 0 Å². The van der Waals surface area contributed by atoms with Crippen LogP contribution in [0.15, 0.2) is 53.3 Å². The number of carbonyl (C=O) groups excluding carboxylic acids is 1. The van der Waals surface area contributed by atoms with Gasteiger partial charge in [-0.1, -0.05) is 32.0 Å². The van der Waals surface area contributed by atoms with Crippen LogP contribution in [0, 0.1) is 11.3 Å². The molecule has 0 aliphatic carbocycles. The van der Waals surface area contributed by atoms with Crippen LogP contribution in [-0.2, 0) is 0 Å². The Kier molecular flexibility index (Phi) is 6.36. The third-order valence-electron chi connectivity index (χ3n) is 6.05. The van der Waals surface area contributed by atoms with Gasteiger partial charge in [-0.25, -0.2) is 4.98 Å². The molecule has 1 fully saturated rings. The van der Waals surface area contributed by atoms with Gasteiger partial charge in [0.25, 0.3) is 5.91 Å². The number of rotatable bonds is 5. The number of nitrogens with zero attached hydrogens (tertiary/aromatic N) is 4. The van der Waals surface area contributed by atoms with E-state index in [2.05, 4.69) is 24.8 Å². The second-order valence-corrected chi connectivity index (χ2v) is 8.56. The fraction of sp³-hybridized carbons (Fsp3) is 0.346. The van der Waals surface area contributed by atoms with Crippen LogP contribution in [0.5, 0.6) is 5.75 Å². The normalized spacial score (nSPS) is 16.1. The van der Waals surface area contributed by atoms with Crippen molar-refractivity contribution in [3.63, 3.8) is 0 Å². The van der Waals surface area contributed by atoms with E-state index in [-0.39, 0.29) is 17.9 Å². The second kappa shape index (κ2) is 9.37. The Morgan fingerprint density at radius 2 is 2.03 bits per heavy atom. The van der Waals surface area contributed by atoms with Crippen LogP contribution < -0.4 is 9.64 Å². The first kappa shape index (κ1) is 22.4. The zero-order valence-electron chi connectivity index (χ0n) is 19.4. The minimum atomic E-state index is -0.0428. The molecule has 1 atom stereocenters. The smallest absolute Gasteiger partial charge is 0.257 e. The first-order chi connectivity index (χ1) is 15.9. The van der Waals surface area contributed by atoms with E-state index in [1.165, 1.54) is 12.5 Å². The molecule has 0 radical (unpaired) electrons. The fourth-order valence-corrected chi connectivity index (χ4v) is 4.37. The van der Waals surface area contributed by atoms with Crippen molar-refractivity contribution in [3.8, 4) is 22.9 Å². The number of para-hydroxylation sites is 1. The van der Waals surface area contributed by atoms with Crippen molar-refractivity contribution in [1.29, 1.82) is 5.26 Å². The molecule has 0 spiro atoms. The molecule has 2 aromatic heterocycles. The number of nitriles is 1. The summed E-state index contributed by atoms with van der Waals surface area (Å²) in [6.45, 7) is 7.95. The Bertz CT molecular complexity index is 1180. The van der Waals surface area contributed by atoms with Crippen molar-refractivity contribution in [2.75, 3.05) is 31.6 Å². The average Bonchev–Trinajstić information content (AvgIpc) is 3.37. The van der Waals surface area contributed by atoms with Crippen molar-refractivity contribution in [1.82, 2.24) is 9.88 Å². The topological polar surface area (TPSA) is 82.6 Å². The van der Waals surface area contributed by atoms with Gasteiger partial charge in [0.2, 0.25) is 0 Å². The van der Waals surface area contributed by atoms with Gasteiger partial charge in [0, 0.05) is 36.8 Å². The number of amides is 1. The number of anilines is 1. The van der Waals surface area contributed by atoms with Gasteiger partial charge in [0.05, 0.1) is 30.2 Å². The number of pyridine rings is 1. The molecule has 7 heteroatoms. The summed E-state index contributed by atoms with van der Waals surface area (Å²) in [6, 6.07) is 13.7.